The maximum Gasteiger partial charge on any atom is 0.224 e. The number of hydrogen-bond donors (Lipinski definition) is 1. The molecule has 1 amide bonds. The summed E-state index contributed by atoms with van der Waals surface area (Å²) >= 11 is 1.69. The van der Waals surface area contributed by atoms with Gasteiger partial charge in [-0.1, -0.05) is 12.1 Å². The molecule has 6 heteroatoms. The number of para-hydroxylation sites is 1. The molecule has 0 spiro atoms. The number of benzene rings is 2. The van der Waals surface area contributed by atoms with Gasteiger partial charge in [0, 0.05) is 12.5 Å². The normalized spacial score (nSPS) is 10.7. The maximum absolute atomic E-state index is 12.4. The number of aromatic nitrogens is 1. The van der Waals surface area contributed by atoms with Gasteiger partial charge in [0.1, 0.15) is 11.5 Å². The van der Waals surface area contributed by atoms with E-state index in [0.717, 1.165) is 23.4 Å². The first-order chi connectivity index (χ1) is 13.2. The van der Waals surface area contributed by atoms with Crippen LogP contribution in [0.1, 0.15) is 31.7 Å². The molecule has 0 saturated heterocycles. The summed E-state index contributed by atoms with van der Waals surface area (Å²) in [4.78, 5) is 17.0. The second-order valence-electron chi connectivity index (χ2n) is 6.00. The number of fused-ring (bicyclic) bond motifs is 1. The lowest BCUT2D eigenvalue weighted by atomic mass is 10.2. The Kier molecular flexibility index (Phi) is 6.65. The molecule has 3 aromatic rings. The summed E-state index contributed by atoms with van der Waals surface area (Å²) < 4.78 is 12.3. The standard InChI is InChI=1S/C21H24N2O3S/c1-3-25-15-12-13-18(26-4-2)17(14-15)22-20(24)10-7-11-21-23-16-8-5-6-9-19(16)27-21/h5-6,8-9,12-14H,3-4,7,10-11H2,1-2H3,(H,22,24). The Balaban J connectivity index is 1.57. The van der Waals surface area contributed by atoms with Crippen LogP contribution in [-0.4, -0.2) is 24.1 Å². The van der Waals surface area contributed by atoms with Crippen LogP contribution < -0.4 is 14.8 Å². The minimum atomic E-state index is -0.0364. The van der Waals surface area contributed by atoms with Crippen LogP contribution in [0.25, 0.3) is 10.2 Å². The smallest absolute Gasteiger partial charge is 0.224 e. The lowest BCUT2D eigenvalue weighted by Gasteiger charge is -2.13. The first-order valence-electron chi connectivity index (χ1n) is 9.23. The van der Waals surface area contributed by atoms with E-state index in [-0.39, 0.29) is 5.91 Å². The van der Waals surface area contributed by atoms with Gasteiger partial charge in [-0.25, -0.2) is 4.98 Å². The highest BCUT2D eigenvalue weighted by Gasteiger charge is 2.11. The highest BCUT2D eigenvalue weighted by Crippen LogP contribution is 2.30. The largest absolute Gasteiger partial charge is 0.494 e. The Hall–Kier alpha value is -2.60. The molecule has 0 bridgehead atoms. The predicted molar refractivity (Wildman–Crippen MR) is 110 cm³/mol. The molecule has 1 aromatic heterocycles. The van der Waals surface area contributed by atoms with Gasteiger partial charge in [-0.3, -0.25) is 4.79 Å². The molecule has 0 aliphatic carbocycles. The van der Waals surface area contributed by atoms with Crippen molar-refractivity contribution in [3.8, 4) is 11.5 Å². The van der Waals surface area contributed by atoms with E-state index in [1.54, 1.807) is 17.4 Å². The summed E-state index contributed by atoms with van der Waals surface area (Å²) in [6, 6.07) is 13.6. The van der Waals surface area contributed by atoms with Crippen molar-refractivity contribution in [2.75, 3.05) is 18.5 Å². The van der Waals surface area contributed by atoms with Crippen LogP contribution in [-0.2, 0) is 11.2 Å². The van der Waals surface area contributed by atoms with Crippen molar-refractivity contribution < 1.29 is 14.3 Å². The van der Waals surface area contributed by atoms with E-state index in [1.165, 1.54) is 4.70 Å². The number of ether oxygens (including phenoxy) is 2. The molecule has 1 heterocycles. The maximum atomic E-state index is 12.4. The molecule has 2 aromatic carbocycles. The Morgan fingerprint density at radius 1 is 1.11 bits per heavy atom. The van der Waals surface area contributed by atoms with Gasteiger partial charge >= 0.3 is 0 Å². The van der Waals surface area contributed by atoms with Crippen molar-refractivity contribution in [3.05, 3.63) is 47.5 Å². The van der Waals surface area contributed by atoms with E-state index < -0.39 is 0 Å². The lowest BCUT2D eigenvalue weighted by Crippen LogP contribution is -2.13. The molecule has 0 saturated carbocycles. The third kappa shape index (κ3) is 5.20. The molecule has 5 nitrogen and oxygen atoms in total. The molecular weight excluding hydrogens is 360 g/mol. The fraction of sp³-hybridized carbons (Fsp3) is 0.333. The van der Waals surface area contributed by atoms with Crippen LogP contribution in [0.5, 0.6) is 11.5 Å². The molecule has 0 atom stereocenters. The van der Waals surface area contributed by atoms with Gasteiger partial charge in [0.15, 0.2) is 0 Å². The molecule has 27 heavy (non-hydrogen) atoms. The van der Waals surface area contributed by atoms with Crippen molar-refractivity contribution in [1.29, 1.82) is 0 Å². The monoisotopic (exact) mass is 384 g/mol. The van der Waals surface area contributed by atoms with Gasteiger partial charge in [-0.05, 0) is 51.0 Å². The first-order valence-corrected chi connectivity index (χ1v) is 10.0. The SMILES string of the molecule is CCOc1ccc(OCC)c(NC(=O)CCCc2nc3ccccc3s2)c1. The summed E-state index contributed by atoms with van der Waals surface area (Å²) in [5, 5.41) is 4.01. The highest BCUT2D eigenvalue weighted by atomic mass is 32.1. The molecule has 142 valence electrons. The minimum Gasteiger partial charge on any atom is -0.494 e. The third-order valence-corrected chi connectivity index (χ3v) is 5.06. The summed E-state index contributed by atoms with van der Waals surface area (Å²) in [5.41, 5.74) is 1.67. The van der Waals surface area contributed by atoms with Gasteiger partial charge in [0.25, 0.3) is 0 Å². The van der Waals surface area contributed by atoms with Crippen molar-refractivity contribution in [1.82, 2.24) is 4.98 Å². The fourth-order valence-corrected chi connectivity index (χ4v) is 3.79. The van der Waals surface area contributed by atoms with E-state index >= 15 is 0 Å². The van der Waals surface area contributed by atoms with E-state index in [4.69, 9.17) is 9.47 Å². The van der Waals surface area contributed by atoms with Crippen LogP contribution in [0.3, 0.4) is 0 Å². The molecule has 1 N–H and O–H groups in total. The second kappa shape index (κ2) is 9.37. The zero-order valence-corrected chi connectivity index (χ0v) is 16.5. The minimum absolute atomic E-state index is 0.0364. The molecule has 0 aliphatic heterocycles. The van der Waals surface area contributed by atoms with E-state index in [1.807, 2.05) is 44.2 Å². The number of nitrogens with zero attached hydrogens (tertiary/aromatic N) is 1. The van der Waals surface area contributed by atoms with Crippen molar-refractivity contribution >= 4 is 33.1 Å². The van der Waals surface area contributed by atoms with Crippen molar-refractivity contribution in [2.45, 2.75) is 33.1 Å². The number of hydrogen-bond acceptors (Lipinski definition) is 5. The van der Waals surface area contributed by atoms with Crippen LogP contribution in [0.4, 0.5) is 5.69 Å². The number of thiazole rings is 1. The molecule has 0 fully saturated rings. The fourth-order valence-electron chi connectivity index (χ4n) is 2.78. The average Bonchev–Trinajstić information content (AvgIpc) is 3.07. The number of carbonyl (C=O) groups is 1. The molecule has 0 radical (unpaired) electrons. The van der Waals surface area contributed by atoms with Crippen molar-refractivity contribution in [2.24, 2.45) is 0 Å². The number of carbonyl (C=O) groups excluding carboxylic acids is 1. The summed E-state index contributed by atoms with van der Waals surface area (Å²) in [5.74, 6) is 1.33. The van der Waals surface area contributed by atoms with Crippen molar-refractivity contribution in [3.63, 3.8) is 0 Å². The zero-order chi connectivity index (χ0) is 19.1. The third-order valence-electron chi connectivity index (χ3n) is 3.97. The number of amides is 1. The van der Waals surface area contributed by atoms with Crippen LogP contribution >= 0.6 is 11.3 Å². The first kappa shape index (κ1) is 19.2. The van der Waals surface area contributed by atoms with Gasteiger partial charge in [-0.15, -0.1) is 11.3 Å². The molecule has 3 rings (SSSR count). The topological polar surface area (TPSA) is 60.5 Å². The molecular formula is C21H24N2O3S. The van der Waals surface area contributed by atoms with E-state index in [0.29, 0.717) is 36.8 Å². The van der Waals surface area contributed by atoms with Crippen LogP contribution in [0.2, 0.25) is 0 Å². The predicted octanol–water partition coefficient (Wildman–Crippen LogP) is 5.06. The highest BCUT2D eigenvalue weighted by molar-refractivity contribution is 7.18. The van der Waals surface area contributed by atoms with E-state index in [9.17, 15) is 4.79 Å². The lowest BCUT2D eigenvalue weighted by molar-refractivity contribution is -0.116. The Labute approximate surface area is 163 Å². The van der Waals surface area contributed by atoms with Gasteiger partial charge < -0.3 is 14.8 Å². The van der Waals surface area contributed by atoms with E-state index in [2.05, 4.69) is 16.4 Å². The summed E-state index contributed by atoms with van der Waals surface area (Å²) in [7, 11) is 0. The number of nitrogens with one attached hydrogen (secondary N) is 1. The zero-order valence-electron chi connectivity index (χ0n) is 15.7. The molecule has 0 aliphatic rings. The second-order valence-corrected chi connectivity index (χ2v) is 7.12. The molecule has 0 unspecified atom stereocenters. The number of aryl methyl sites for hydroxylation is 1. The van der Waals surface area contributed by atoms with Gasteiger partial charge in [-0.2, -0.15) is 0 Å². The Morgan fingerprint density at radius 3 is 2.70 bits per heavy atom. The van der Waals surface area contributed by atoms with Crippen LogP contribution in [0.15, 0.2) is 42.5 Å². The van der Waals surface area contributed by atoms with Gasteiger partial charge in [0.2, 0.25) is 5.91 Å². The average molecular weight is 385 g/mol. The summed E-state index contributed by atoms with van der Waals surface area (Å²) in [6.07, 6.45) is 1.98. The Morgan fingerprint density at radius 2 is 1.93 bits per heavy atom. The number of anilines is 1. The van der Waals surface area contributed by atoms with Crippen LogP contribution in [0, 0.1) is 0 Å². The van der Waals surface area contributed by atoms with Gasteiger partial charge in [0.05, 0.1) is 34.1 Å². The number of rotatable bonds is 9. The Bertz CT molecular complexity index is 874. The quantitative estimate of drug-likeness (QED) is 0.560. The summed E-state index contributed by atoms with van der Waals surface area (Å²) in [6.45, 7) is 4.95.